The highest BCUT2D eigenvalue weighted by Crippen LogP contribution is 2.29. The van der Waals surface area contributed by atoms with Gasteiger partial charge in [0.15, 0.2) is 17.5 Å². The Labute approximate surface area is 198 Å². The van der Waals surface area contributed by atoms with Crippen molar-refractivity contribution in [1.82, 2.24) is 10.2 Å². The molecule has 0 heterocycles. The van der Waals surface area contributed by atoms with Gasteiger partial charge in [-0.15, -0.1) is 24.0 Å². The number of ether oxygens (including phenoxy) is 2. The fraction of sp³-hybridized carbons (Fsp3) is 0.435. The molecular formula is C23H35IN4O2. The molecule has 0 aliphatic heterocycles. The second-order valence-corrected chi connectivity index (χ2v) is 7.17. The van der Waals surface area contributed by atoms with Crippen LogP contribution in [0.3, 0.4) is 0 Å². The van der Waals surface area contributed by atoms with Gasteiger partial charge in [-0.1, -0.05) is 24.3 Å². The molecular weight excluding hydrogens is 491 g/mol. The predicted octanol–water partition coefficient (Wildman–Crippen LogP) is 4.74. The largest absolute Gasteiger partial charge is 0.493 e. The average Bonchev–Trinajstić information content (AvgIpc) is 2.72. The zero-order valence-electron chi connectivity index (χ0n) is 18.9. The lowest BCUT2D eigenvalue weighted by Crippen LogP contribution is -2.30. The summed E-state index contributed by atoms with van der Waals surface area (Å²) in [5.74, 6) is 2.10. The Morgan fingerprint density at radius 3 is 2.30 bits per heavy atom. The summed E-state index contributed by atoms with van der Waals surface area (Å²) in [6.07, 6.45) is 0. The predicted molar refractivity (Wildman–Crippen MR) is 136 cm³/mol. The number of hydrogen-bond donors (Lipinski definition) is 2. The van der Waals surface area contributed by atoms with E-state index in [2.05, 4.69) is 67.6 Å². The van der Waals surface area contributed by atoms with E-state index in [0.29, 0.717) is 24.1 Å². The molecule has 0 fully saturated rings. The number of guanidine groups is 1. The molecule has 0 saturated carbocycles. The Bertz CT molecular complexity index is 812. The maximum atomic E-state index is 5.39. The molecule has 0 aromatic heterocycles. The van der Waals surface area contributed by atoms with Gasteiger partial charge in [0.2, 0.25) is 0 Å². The first-order chi connectivity index (χ1) is 14.0. The van der Waals surface area contributed by atoms with Crippen molar-refractivity contribution in [2.24, 2.45) is 4.99 Å². The lowest BCUT2D eigenvalue weighted by molar-refractivity contribution is 0.265. The quantitative estimate of drug-likeness (QED) is 0.281. The van der Waals surface area contributed by atoms with E-state index in [1.165, 1.54) is 11.1 Å². The van der Waals surface area contributed by atoms with Gasteiger partial charge in [0.05, 0.1) is 20.8 Å². The lowest BCUT2D eigenvalue weighted by atomic mass is 10.1. The summed E-state index contributed by atoms with van der Waals surface area (Å²) in [7, 11) is 5.41. The molecule has 2 N–H and O–H groups in total. The molecule has 0 aliphatic rings. The van der Waals surface area contributed by atoms with E-state index in [9.17, 15) is 0 Å². The van der Waals surface area contributed by atoms with Gasteiger partial charge in [0, 0.05) is 30.9 Å². The molecule has 0 unspecified atom stereocenters. The average molecular weight is 526 g/mol. The lowest BCUT2D eigenvalue weighted by Gasteiger charge is -2.22. The Kier molecular flexibility index (Phi) is 11.6. The SMILES string of the molecule is CCNC(=NCc1ccccc1CN(C)C(C)C)Nc1ccc(OC)c(OC)c1.I. The molecule has 0 bridgehead atoms. The van der Waals surface area contributed by atoms with Crippen LogP contribution in [0.5, 0.6) is 11.5 Å². The first-order valence-corrected chi connectivity index (χ1v) is 10.0. The van der Waals surface area contributed by atoms with Crippen molar-refractivity contribution in [3.8, 4) is 11.5 Å². The summed E-state index contributed by atoms with van der Waals surface area (Å²) in [5.41, 5.74) is 3.41. The fourth-order valence-corrected chi connectivity index (χ4v) is 2.84. The standard InChI is InChI=1S/C23H34N4O2.HI/c1-7-24-23(26-20-12-13-21(28-5)22(14-20)29-6)25-15-18-10-8-9-11-19(18)16-27(4)17(2)3;/h8-14,17H,7,15-16H2,1-6H3,(H2,24,25,26);1H. The Hall–Kier alpha value is -2.00. The number of methoxy groups -OCH3 is 2. The highest BCUT2D eigenvalue weighted by molar-refractivity contribution is 14.0. The van der Waals surface area contributed by atoms with Gasteiger partial charge in [-0.25, -0.2) is 4.99 Å². The molecule has 0 saturated heterocycles. The minimum Gasteiger partial charge on any atom is -0.493 e. The molecule has 2 rings (SSSR count). The number of aliphatic imine (C=N–C) groups is 1. The molecule has 166 valence electrons. The zero-order valence-corrected chi connectivity index (χ0v) is 21.2. The summed E-state index contributed by atoms with van der Waals surface area (Å²) in [4.78, 5) is 7.12. The number of halogens is 1. The molecule has 2 aromatic rings. The maximum absolute atomic E-state index is 5.39. The number of hydrogen-bond acceptors (Lipinski definition) is 4. The number of rotatable bonds is 9. The van der Waals surface area contributed by atoms with Crippen molar-refractivity contribution in [3.05, 3.63) is 53.6 Å². The molecule has 6 nitrogen and oxygen atoms in total. The summed E-state index contributed by atoms with van der Waals surface area (Å²) in [6, 6.07) is 14.7. The Balaban J connectivity index is 0.00000450. The second-order valence-electron chi connectivity index (χ2n) is 7.17. The smallest absolute Gasteiger partial charge is 0.196 e. The monoisotopic (exact) mass is 526 g/mol. The molecule has 2 aromatic carbocycles. The van der Waals surface area contributed by atoms with Crippen molar-refractivity contribution in [1.29, 1.82) is 0 Å². The first kappa shape index (κ1) is 26.0. The number of benzene rings is 2. The first-order valence-electron chi connectivity index (χ1n) is 10.0. The summed E-state index contributed by atoms with van der Waals surface area (Å²) >= 11 is 0. The number of anilines is 1. The van der Waals surface area contributed by atoms with Crippen LogP contribution < -0.4 is 20.1 Å². The van der Waals surface area contributed by atoms with Gasteiger partial charge in [-0.2, -0.15) is 0 Å². The number of nitrogens with zero attached hydrogens (tertiary/aromatic N) is 2. The van der Waals surface area contributed by atoms with Crippen molar-refractivity contribution >= 4 is 35.6 Å². The van der Waals surface area contributed by atoms with Crippen LogP contribution in [-0.2, 0) is 13.1 Å². The zero-order chi connectivity index (χ0) is 21.2. The number of nitrogens with one attached hydrogen (secondary N) is 2. The highest BCUT2D eigenvalue weighted by Gasteiger charge is 2.09. The summed E-state index contributed by atoms with van der Waals surface area (Å²) < 4.78 is 10.7. The summed E-state index contributed by atoms with van der Waals surface area (Å²) in [5, 5.41) is 6.65. The van der Waals surface area contributed by atoms with Crippen LogP contribution in [0.15, 0.2) is 47.5 Å². The van der Waals surface area contributed by atoms with E-state index in [1.807, 2.05) is 18.2 Å². The second kappa shape index (κ2) is 13.3. The molecule has 30 heavy (non-hydrogen) atoms. The van der Waals surface area contributed by atoms with Gasteiger partial charge < -0.3 is 20.1 Å². The van der Waals surface area contributed by atoms with Gasteiger partial charge in [0.25, 0.3) is 0 Å². The highest BCUT2D eigenvalue weighted by atomic mass is 127. The van der Waals surface area contributed by atoms with Crippen LogP contribution in [0.4, 0.5) is 5.69 Å². The molecule has 0 radical (unpaired) electrons. The minimum atomic E-state index is 0. The van der Waals surface area contributed by atoms with Crippen molar-refractivity contribution in [2.45, 2.75) is 39.9 Å². The third-order valence-electron chi connectivity index (χ3n) is 4.82. The normalized spacial score (nSPS) is 11.3. The van der Waals surface area contributed by atoms with E-state index in [0.717, 1.165) is 24.7 Å². The Morgan fingerprint density at radius 1 is 1.03 bits per heavy atom. The third-order valence-corrected chi connectivity index (χ3v) is 4.82. The summed E-state index contributed by atoms with van der Waals surface area (Å²) in [6.45, 7) is 8.75. The van der Waals surface area contributed by atoms with Crippen LogP contribution in [-0.4, -0.2) is 44.7 Å². The van der Waals surface area contributed by atoms with Gasteiger partial charge >= 0.3 is 0 Å². The van der Waals surface area contributed by atoms with E-state index in [4.69, 9.17) is 14.5 Å². The van der Waals surface area contributed by atoms with Crippen LogP contribution in [0.2, 0.25) is 0 Å². The van der Waals surface area contributed by atoms with E-state index in [1.54, 1.807) is 14.2 Å². The topological polar surface area (TPSA) is 58.1 Å². The molecule has 0 spiro atoms. The maximum Gasteiger partial charge on any atom is 0.196 e. The molecule has 0 amide bonds. The molecule has 0 aliphatic carbocycles. The van der Waals surface area contributed by atoms with Gasteiger partial charge in [-0.3, -0.25) is 4.90 Å². The van der Waals surface area contributed by atoms with Gasteiger partial charge in [-0.05, 0) is 51.1 Å². The molecule has 0 atom stereocenters. The van der Waals surface area contributed by atoms with E-state index in [-0.39, 0.29) is 24.0 Å². The minimum absolute atomic E-state index is 0. The van der Waals surface area contributed by atoms with Crippen LogP contribution in [0.25, 0.3) is 0 Å². The van der Waals surface area contributed by atoms with Crippen LogP contribution >= 0.6 is 24.0 Å². The molecule has 7 heteroatoms. The van der Waals surface area contributed by atoms with E-state index >= 15 is 0 Å². The van der Waals surface area contributed by atoms with Gasteiger partial charge in [0.1, 0.15) is 0 Å². The van der Waals surface area contributed by atoms with E-state index < -0.39 is 0 Å². The fourth-order valence-electron chi connectivity index (χ4n) is 2.84. The third kappa shape index (κ3) is 7.68. The van der Waals surface area contributed by atoms with Crippen LogP contribution in [0.1, 0.15) is 31.9 Å². The van der Waals surface area contributed by atoms with Crippen molar-refractivity contribution in [3.63, 3.8) is 0 Å². The van der Waals surface area contributed by atoms with Crippen LogP contribution in [0, 0.1) is 0 Å². The van der Waals surface area contributed by atoms with Crippen molar-refractivity contribution < 1.29 is 9.47 Å². The Morgan fingerprint density at radius 2 is 1.70 bits per heavy atom. The van der Waals surface area contributed by atoms with Crippen molar-refractivity contribution in [2.75, 3.05) is 33.1 Å².